The van der Waals surface area contributed by atoms with E-state index in [0.29, 0.717) is 6.42 Å². The predicted molar refractivity (Wildman–Crippen MR) is 75.9 cm³/mol. The molecule has 0 unspecified atom stereocenters. The zero-order chi connectivity index (χ0) is 12.8. The van der Waals surface area contributed by atoms with Gasteiger partial charge < -0.3 is 5.32 Å². The van der Waals surface area contributed by atoms with Gasteiger partial charge in [-0.1, -0.05) is 25.5 Å². The number of carbonyl (C=O) groups excluding carboxylic acids is 1. The van der Waals surface area contributed by atoms with E-state index in [9.17, 15) is 4.79 Å². The fourth-order valence-corrected chi connectivity index (χ4v) is 2.71. The number of aromatic nitrogens is 1. The summed E-state index contributed by atoms with van der Waals surface area (Å²) in [6.45, 7) is 2.91. The SMILES string of the molecule is CCCCNC(=O)CCc1nc2ccccc2s1. The first-order valence-electron chi connectivity index (χ1n) is 6.40. The zero-order valence-corrected chi connectivity index (χ0v) is 11.4. The van der Waals surface area contributed by atoms with Gasteiger partial charge in [-0.2, -0.15) is 0 Å². The molecule has 3 nitrogen and oxygen atoms in total. The zero-order valence-electron chi connectivity index (χ0n) is 10.6. The van der Waals surface area contributed by atoms with Crippen LogP contribution in [0.3, 0.4) is 0 Å². The van der Waals surface area contributed by atoms with Crippen LogP contribution in [0, 0.1) is 0 Å². The highest BCUT2D eigenvalue weighted by Gasteiger charge is 2.06. The van der Waals surface area contributed by atoms with Gasteiger partial charge in [-0.05, 0) is 18.6 Å². The summed E-state index contributed by atoms with van der Waals surface area (Å²) in [5.74, 6) is 0.128. The molecule has 4 heteroatoms. The minimum Gasteiger partial charge on any atom is -0.356 e. The maximum absolute atomic E-state index is 11.6. The minimum atomic E-state index is 0.128. The number of hydrogen-bond donors (Lipinski definition) is 1. The molecule has 1 aromatic heterocycles. The van der Waals surface area contributed by atoms with Crippen molar-refractivity contribution in [3.63, 3.8) is 0 Å². The number of aryl methyl sites for hydroxylation is 1. The lowest BCUT2D eigenvalue weighted by Gasteiger charge is -2.02. The Morgan fingerprint density at radius 2 is 2.22 bits per heavy atom. The number of para-hydroxylation sites is 1. The molecular formula is C14H18N2OS. The number of hydrogen-bond acceptors (Lipinski definition) is 3. The van der Waals surface area contributed by atoms with Gasteiger partial charge in [0.2, 0.25) is 5.91 Å². The molecule has 0 saturated carbocycles. The molecule has 1 aromatic carbocycles. The molecule has 0 fully saturated rings. The molecule has 0 saturated heterocycles. The van der Waals surface area contributed by atoms with E-state index in [1.165, 1.54) is 4.70 Å². The normalized spacial score (nSPS) is 10.7. The first kappa shape index (κ1) is 13.0. The van der Waals surface area contributed by atoms with Crippen molar-refractivity contribution in [1.82, 2.24) is 10.3 Å². The van der Waals surface area contributed by atoms with Crippen LogP contribution in [0.2, 0.25) is 0 Å². The smallest absolute Gasteiger partial charge is 0.220 e. The van der Waals surface area contributed by atoms with Gasteiger partial charge in [0.1, 0.15) is 0 Å². The molecule has 0 aliphatic carbocycles. The van der Waals surface area contributed by atoms with Gasteiger partial charge in [-0.15, -0.1) is 11.3 Å². The molecule has 0 aliphatic heterocycles. The van der Waals surface area contributed by atoms with Crippen LogP contribution in [0.5, 0.6) is 0 Å². The van der Waals surface area contributed by atoms with E-state index < -0.39 is 0 Å². The van der Waals surface area contributed by atoms with Gasteiger partial charge in [-0.3, -0.25) is 4.79 Å². The molecule has 0 spiro atoms. The molecule has 0 radical (unpaired) electrons. The van der Waals surface area contributed by atoms with Crippen molar-refractivity contribution in [3.05, 3.63) is 29.3 Å². The van der Waals surface area contributed by atoms with E-state index in [1.54, 1.807) is 11.3 Å². The summed E-state index contributed by atoms with van der Waals surface area (Å²) < 4.78 is 1.19. The van der Waals surface area contributed by atoms with E-state index >= 15 is 0 Å². The Kier molecular flexibility index (Phi) is 4.70. The maximum Gasteiger partial charge on any atom is 0.220 e. The lowest BCUT2D eigenvalue weighted by atomic mass is 10.3. The molecule has 1 amide bonds. The Bertz CT molecular complexity index is 488. The summed E-state index contributed by atoms with van der Waals surface area (Å²) >= 11 is 1.68. The molecular weight excluding hydrogens is 244 g/mol. The Hall–Kier alpha value is -1.42. The number of nitrogens with one attached hydrogen (secondary N) is 1. The molecule has 0 atom stereocenters. The monoisotopic (exact) mass is 262 g/mol. The van der Waals surface area contributed by atoms with Gasteiger partial charge >= 0.3 is 0 Å². The molecule has 2 rings (SSSR count). The van der Waals surface area contributed by atoms with Crippen molar-refractivity contribution >= 4 is 27.5 Å². The van der Waals surface area contributed by atoms with Gasteiger partial charge in [0, 0.05) is 19.4 Å². The third-order valence-corrected chi connectivity index (χ3v) is 3.85. The second-order valence-corrected chi connectivity index (χ2v) is 5.39. The Balaban J connectivity index is 1.84. The van der Waals surface area contributed by atoms with Crippen LogP contribution in [0.15, 0.2) is 24.3 Å². The number of benzene rings is 1. The fourth-order valence-electron chi connectivity index (χ4n) is 1.74. The Labute approximate surface area is 111 Å². The van der Waals surface area contributed by atoms with Gasteiger partial charge in [0.25, 0.3) is 0 Å². The third-order valence-electron chi connectivity index (χ3n) is 2.76. The van der Waals surface area contributed by atoms with Crippen LogP contribution in [0.25, 0.3) is 10.2 Å². The Morgan fingerprint density at radius 3 is 3.00 bits per heavy atom. The van der Waals surface area contributed by atoms with E-state index in [0.717, 1.165) is 36.3 Å². The highest BCUT2D eigenvalue weighted by molar-refractivity contribution is 7.18. The third kappa shape index (κ3) is 3.53. The van der Waals surface area contributed by atoms with Crippen LogP contribution in [0.4, 0.5) is 0 Å². The summed E-state index contributed by atoms with van der Waals surface area (Å²) in [6.07, 6.45) is 3.42. The van der Waals surface area contributed by atoms with Crippen LogP contribution < -0.4 is 5.32 Å². The predicted octanol–water partition coefficient (Wildman–Crippen LogP) is 3.15. The first-order chi connectivity index (χ1) is 8.79. The van der Waals surface area contributed by atoms with Crippen molar-refractivity contribution in [1.29, 1.82) is 0 Å². The average Bonchev–Trinajstić information content (AvgIpc) is 2.79. The summed E-state index contributed by atoms with van der Waals surface area (Å²) in [7, 11) is 0. The number of fused-ring (bicyclic) bond motifs is 1. The maximum atomic E-state index is 11.6. The fraction of sp³-hybridized carbons (Fsp3) is 0.429. The van der Waals surface area contributed by atoms with Gasteiger partial charge in [0.15, 0.2) is 0 Å². The van der Waals surface area contributed by atoms with Crippen LogP contribution >= 0.6 is 11.3 Å². The van der Waals surface area contributed by atoms with Crippen LogP contribution in [-0.4, -0.2) is 17.4 Å². The lowest BCUT2D eigenvalue weighted by Crippen LogP contribution is -2.24. The van der Waals surface area contributed by atoms with Crippen molar-refractivity contribution in [3.8, 4) is 0 Å². The van der Waals surface area contributed by atoms with E-state index in [2.05, 4.69) is 23.3 Å². The van der Waals surface area contributed by atoms with Crippen molar-refractivity contribution in [2.45, 2.75) is 32.6 Å². The highest BCUT2D eigenvalue weighted by atomic mass is 32.1. The molecule has 0 bridgehead atoms. The van der Waals surface area contributed by atoms with Gasteiger partial charge in [-0.25, -0.2) is 4.98 Å². The van der Waals surface area contributed by atoms with Crippen molar-refractivity contribution < 1.29 is 4.79 Å². The summed E-state index contributed by atoms with van der Waals surface area (Å²) in [6, 6.07) is 8.08. The highest BCUT2D eigenvalue weighted by Crippen LogP contribution is 2.22. The summed E-state index contributed by atoms with van der Waals surface area (Å²) in [4.78, 5) is 16.1. The Morgan fingerprint density at radius 1 is 1.39 bits per heavy atom. The molecule has 2 aromatic rings. The van der Waals surface area contributed by atoms with E-state index in [-0.39, 0.29) is 5.91 Å². The van der Waals surface area contributed by atoms with Gasteiger partial charge in [0.05, 0.1) is 15.2 Å². The number of unbranched alkanes of at least 4 members (excludes halogenated alkanes) is 1. The largest absolute Gasteiger partial charge is 0.356 e. The first-order valence-corrected chi connectivity index (χ1v) is 7.22. The lowest BCUT2D eigenvalue weighted by molar-refractivity contribution is -0.121. The van der Waals surface area contributed by atoms with E-state index in [4.69, 9.17) is 0 Å². The van der Waals surface area contributed by atoms with Crippen LogP contribution in [0.1, 0.15) is 31.2 Å². The summed E-state index contributed by atoms with van der Waals surface area (Å²) in [5, 5.41) is 3.97. The molecule has 1 heterocycles. The number of rotatable bonds is 6. The number of nitrogens with zero attached hydrogens (tertiary/aromatic N) is 1. The number of amides is 1. The minimum absolute atomic E-state index is 0.128. The van der Waals surface area contributed by atoms with Crippen molar-refractivity contribution in [2.75, 3.05) is 6.54 Å². The molecule has 0 aliphatic rings. The second kappa shape index (κ2) is 6.50. The molecule has 1 N–H and O–H groups in total. The topological polar surface area (TPSA) is 42.0 Å². The number of carbonyl (C=O) groups is 1. The summed E-state index contributed by atoms with van der Waals surface area (Å²) in [5.41, 5.74) is 1.03. The quantitative estimate of drug-likeness (QED) is 0.813. The number of thiazole rings is 1. The molecule has 18 heavy (non-hydrogen) atoms. The average molecular weight is 262 g/mol. The second-order valence-electron chi connectivity index (χ2n) is 4.28. The standard InChI is InChI=1S/C14H18N2OS/c1-2-3-10-15-13(17)8-9-14-16-11-6-4-5-7-12(11)18-14/h4-7H,2-3,8-10H2,1H3,(H,15,17). The van der Waals surface area contributed by atoms with E-state index in [1.807, 2.05) is 18.2 Å². The van der Waals surface area contributed by atoms with Crippen molar-refractivity contribution in [2.24, 2.45) is 0 Å². The molecule has 96 valence electrons. The van der Waals surface area contributed by atoms with Crippen LogP contribution in [-0.2, 0) is 11.2 Å².